The molecule has 0 radical (unpaired) electrons. The van der Waals surface area contributed by atoms with Gasteiger partial charge >= 0.3 is 0 Å². The molecule has 1 rings (SSSR count). The minimum Gasteiger partial charge on any atom is -0.0613 e. The van der Waals surface area contributed by atoms with E-state index in [2.05, 4.69) is 52.8 Å². The molecular formula is C14H22. The molecule has 14 heavy (non-hydrogen) atoms. The van der Waals surface area contributed by atoms with Crippen LogP contribution in [0.3, 0.4) is 0 Å². The molecule has 0 saturated carbocycles. The second-order valence-corrected chi connectivity index (χ2v) is 4.95. The first-order valence-electron chi connectivity index (χ1n) is 5.61. The predicted molar refractivity (Wildman–Crippen MR) is 63.9 cm³/mol. The van der Waals surface area contributed by atoms with Crippen LogP contribution in [0.4, 0.5) is 0 Å². The Labute approximate surface area is 88.4 Å². The maximum Gasteiger partial charge on any atom is -0.0129 e. The summed E-state index contributed by atoms with van der Waals surface area (Å²) >= 11 is 0. The molecule has 0 N–H and O–H groups in total. The van der Waals surface area contributed by atoms with Crippen LogP contribution in [-0.2, 0) is 18.3 Å². The molecule has 0 aliphatic heterocycles. The molecule has 0 bridgehead atoms. The van der Waals surface area contributed by atoms with Gasteiger partial charge in [-0.25, -0.2) is 0 Å². The molecule has 0 saturated heterocycles. The normalized spacial score (nSPS) is 11.8. The minimum absolute atomic E-state index is 0.274. The molecular weight excluding hydrogens is 168 g/mol. The monoisotopic (exact) mass is 190 g/mol. The van der Waals surface area contributed by atoms with Crippen molar-refractivity contribution in [1.29, 1.82) is 0 Å². The van der Waals surface area contributed by atoms with Gasteiger partial charge in [0.15, 0.2) is 0 Å². The second kappa shape index (κ2) is 4.16. The molecule has 1 aromatic rings. The molecule has 0 heteroatoms. The van der Waals surface area contributed by atoms with Gasteiger partial charge in [-0.1, -0.05) is 52.8 Å². The first-order chi connectivity index (χ1) is 6.49. The lowest BCUT2D eigenvalue weighted by molar-refractivity contribution is 0.582. The van der Waals surface area contributed by atoms with Crippen molar-refractivity contribution in [3.05, 3.63) is 34.9 Å². The average Bonchev–Trinajstić information content (AvgIpc) is 2.15. The Hall–Kier alpha value is -0.780. The van der Waals surface area contributed by atoms with Crippen molar-refractivity contribution in [3.63, 3.8) is 0 Å². The Morgan fingerprint density at radius 1 is 1.00 bits per heavy atom. The van der Waals surface area contributed by atoms with Crippen LogP contribution >= 0.6 is 0 Å². The summed E-state index contributed by atoms with van der Waals surface area (Å²) in [5.74, 6) is 0. The average molecular weight is 190 g/mol. The molecule has 0 aliphatic carbocycles. The van der Waals surface area contributed by atoms with Crippen molar-refractivity contribution in [1.82, 2.24) is 0 Å². The van der Waals surface area contributed by atoms with Gasteiger partial charge in [-0.15, -0.1) is 0 Å². The smallest absolute Gasteiger partial charge is 0.0129 e. The highest BCUT2D eigenvalue weighted by atomic mass is 14.2. The van der Waals surface area contributed by atoms with Crippen molar-refractivity contribution in [2.45, 2.75) is 52.9 Å². The van der Waals surface area contributed by atoms with E-state index < -0.39 is 0 Å². The molecule has 0 amide bonds. The maximum atomic E-state index is 2.37. The zero-order valence-corrected chi connectivity index (χ0v) is 10.1. The first kappa shape index (κ1) is 11.3. The van der Waals surface area contributed by atoms with Gasteiger partial charge < -0.3 is 0 Å². The number of rotatable bonds is 2. The summed E-state index contributed by atoms with van der Waals surface area (Å²) in [6.07, 6.45) is 2.27. The van der Waals surface area contributed by atoms with Gasteiger partial charge in [-0.2, -0.15) is 0 Å². The van der Waals surface area contributed by atoms with E-state index >= 15 is 0 Å². The zero-order valence-electron chi connectivity index (χ0n) is 10.1. The van der Waals surface area contributed by atoms with E-state index in [4.69, 9.17) is 0 Å². The van der Waals surface area contributed by atoms with Crippen molar-refractivity contribution in [2.24, 2.45) is 0 Å². The van der Waals surface area contributed by atoms with E-state index in [1.165, 1.54) is 16.7 Å². The molecule has 0 fully saturated rings. The van der Waals surface area contributed by atoms with Crippen molar-refractivity contribution < 1.29 is 0 Å². The van der Waals surface area contributed by atoms with Gasteiger partial charge in [0, 0.05) is 0 Å². The fraction of sp³-hybridized carbons (Fsp3) is 0.571. The Bertz CT molecular complexity index is 302. The summed E-state index contributed by atoms with van der Waals surface area (Å²) in [5, 5.41) is 0. The van der Waals surface area contributed by atoms with Gasteiger partial charge in [-0.3, -0.25) is 0 Å². The van der Waals surface area contributed by atoms with Crippen LogP contribution in [0, 0.1) is 0 Å². The standard InChI is InChI=1S/C14H22/c1-6-11-8-9-12(7-2)13(10-11)14(3,4)5/h8-10H,6-7H2,1-5H3. The van der Waals surface area contributed by atoms with Crippen LogP contribution in [0.2, 0.25) is 0 Å². The lowest BCUT2D eigenvalue weighted by atomic mass is 9.82. The summed E-state index contributed by atoms with van der Waals surface area (Å²) in [4.78, 5) is 0. The van der Waals surface area contributed by atoms with Crippen molar-refractivity contribution in [2.75, 3.05) is 0 Å². The minimum atomic E-state index is 0.274. The highest BCUT2D eigenvalue weighted by Gasteiger charge is 2.17. The maximum absolute atomic E-state index is 2.37. The Morgan fingerprint density at radius 3 is 2.07 bits per heavy atom. The fourth-order valence-corrected chi connectivity index (χ4v) is 1.85. The molecule has 0 atom stereocenters. The third kappa shape index (κ3) is 2.37. The van der Waals surface area contributed by atoms with Crippen LogP contribution in [0.1, 0.15) is 51.3 Å². The van der Waals surface area contributed by atoms with E-state index in [0.29, 0.717) is 0 Å². The van der Waals surface area contributed by atoms with Gasteiger partial charge in [0.25, 0.3) is 0 Å². The van der Waals surface area contributed by atoms with Gasteiger partial charge in [-0.05, 0) is 34.9 Å². The number of hydrogen-bond acceptors (Lipinski definition) is 0. The van der Waals surface area contributed by atoms with E-state index in [0.717, 1.165) is 12.8 Å². The van der Waals surface area contributed by atoms with Gasteiger partial charge in [0.1, 0.15) is 0 Å². The van der Waals surface area contributed by atoms with Crippen LogP contribution in [-0.4, -0.2) is 0 Å². The van der Waals surface area contributed by atoms with Crippen molar-refractivity contribution in [3.8, 4) is 0 Å². The zero-order chi connectivity index (χ0) is 10.8. The fourth-order valence-electron chi connectivity index (χ4n) is 1.85. The predicted octanol–water partition coefficient (Wildman–Crippen LogP) is 4.11. The molecule has 78 valence electrons. The topological polar surface area (TPSA) is 0 Å². The summed E-state index contributed by atoms with van der Waals surface area (Å²) in [6, 6.07) is 6.92. The molecule has 0 spiro atoms. The highest BCUT2D eigenvalue weighted by Crippen LogP contribution is 2.27. The van der Waals surface area contributed by atoms with Gasteiger partial charge in [0.05, 0.1) is 0 Å². The van der Waals surface area contributed by atoms with E-state index in [9.17, 15) is 0 Å². The Morgan fingerprint density at radius 2 is 1.64 bits per heavy atom. The number of hydrogen-bond donors (Lipinski definition) is 0. The van der Waals surface area contributed by atoms with E-state index in [-0.39, 0.29) is 5.41 Å². The highest BCUT2D eigenvalue weighted by molar-refractivity contribution is 5.36. The second-order valence-electron chi connectivity index (χ2n) is 4.95. The quantitative estimate of drug-likeness (QED) is 0.658. The Kier molecular flexibility index (Phi) is 3.36. The summed E-state index contributed by atoms with van der Waals surface area (Å²) in [6.45, 7) is 11.3. The molecule has 0 aliphatic rings. The molecule has 0 aromatic heterocycles. The summed E-state index contributed by atoms with van der Waals surface area (Å²) < 4.78 is 0. The molecule has 0 heterocycles. The number of benzene rings is 1. The lowest BCUT2D eigenvalue weighted by Crippen LogP contribution is -2.14. The molecule has 1 aromatic carbocycles. The van der Waals surface area contributed by atoms with Crippen LogP contribution in [0.15, 0.2) is 18.2 Å². The van der Waals surface area contributed by atoms with Crippen molar-refractivity contribution >= 4 is 0 Å². The third-order valence-corrected chi connectivity index (χ3v) is 2.77. The molecule has 0 unspecified atom stereocenters. The van der Waals surface area contributed by atoms with Crippen LogP contribution in [0.25, 0.3) is 0 Å². The number of aryl methyl sites for hydroxylation is 2. The van der Waals surface area contributed by atoms with E-state index in [1.807, 2.05) is 0 Å². The Balaban J connectivity index is 3.22. The lowest BCUT2D eigenvalue weighted by Gasteiger charge is -2.23. The summed E-state index contributed by atoms with van der Waals surface area (Å²) in [5.41, 5.74) is 4.73. The SMILES string of the molecule is CCc1ccc(CC)c(C(C)(C)C)c1. The molecule has 0 nitrogen and oxygen atoms in total. The van der Waals surface area contributed by atoms with E-state index in [1.54, 1.807) is 0 Å². The van der Waals surface area contributed by atoms with Gasteiger partial charge in [0.2, 0.25) is 0 Å². The van der Waals surface area contributed by atoms with Crippen LogP contribution in [0.5, 0.6) is 0 Å². The largest absolute Gasteiger partial charge is 0.0613 e. The third-order valence-electron chi connectivity index (χ3n) is 2.77. The van der Waals surface area contributed by atoms with Crippen LogP contribution < -0.4 is 0 Å². The first-order valence-corrected chi connectivity index (χ1v) is 5.61. The summed E-state index contributed by atoms with van der Waals surface area (Å²) in [7, 11) is 0.